The van der Waals surface area contributed by atoms with Crippen molar-refractivity contribution in [1.29, 1.82) is 0 Å². The van der Waals surface area contributed by atoms with Gasteiger partial charge in [0.1, 0.15) is 0 Å². The van der Waals surface area contributed by atoms with Crippen molar-refractivity contribution >= 4 is 11.9 Å². The van der Waals surface area contributed by atoms with Crippen LogP contribution in [0.2, 0.25) is 0 Å². The van der Waals surface area contributed by atoms with Gasteiger partial charge in [-0.15, -0.1) is 0 Å². The van der Waals surface area contributed by atoms with E-state index in [-0.39, 0.29) is 5.56 Å². The molecule has 13 heavy (non-hydrogen) atoms. The summed E-state index contributed by atoms with van der Waals surface area (Å²) in [4.78, 5) is 15.5. The maximum Gasteiger partial charge on any atom is 0.254 e. The van der Waals surface area contributed by atoms with E-state index < -0.39 is 0 Å². The monoisotopic (exact) mass is 174 g/mol. The normalized spacial score (nSPS) is 15.5. The molecule has 1 aromatic heterocycles. The van der Waals surface area contributed by atoms with Gasteiger partial charge in [-0.25, -0.2) is 0 Å². The summed E-state index contributed by atoms with van der Waals surface area (Å²) in [6.45, 7) is 0.771. The Morgan fingerprint density at radius 3 is 3.00 bits per heavy atom. The third kappa shape index (κ3) is 1.59. The van der Waals surface area contributed by atoms with Gasteiger partial charge in [-0.2, -0.15) is 0 Å². The Balaban J connectivity index is 2.46. The van der Waals surface area contributed by atoms with Gasteiger partial charge in [0.25, 0.3) is 5.56 Å². The molecule has 2 heterocycles. The molecule has 0 saturated heterocycles. The first-order valence-corrected chi connectivity index (χ1v) is 4.25. The fourth-order valence-corrected chi connectivity index (χ4v) is 1.34. The second kappa shape index (κ2) is 3.39. The SMILES string of the molecule is O=c1ccccn1C1=CC=NCC1. The van der Waals surface area contributed by atoms with Crippen LogP contribution in [0, 0.1) is 0 Å². The van der Waals surface area contributed by atoms with Crippen LogP contribution < -0.4 is 5.56 Å². The van der Waals surface area contributed by atoms with Crippen LogP contribution in [0.25, 0.3) is 5.70 Å². The van der Waals surface area contributed by atoms with Crippen molar-refractivity contribution in [2.45, 2.75) is 6.42 Å². The average molecular weight is 174 g/mol. The Morgan fingerprint density at radius 2 is 2.31 bits per heavy atom. The summed E-state index contributed by atoms with van der Waals surface area (Å²) in [5, 5.41) is 0. The highest BCUT2D eigenvalue weighted by atomic mass is 16.1. The lowest BCUT2D eigenvalue weighted by Crippen LogP contribution is -2.18. The smallest absolute Gasteiger partial charge is 0.254 e. The quantitative estimate of drug-likeness (QED) is 0.629. The topological polar surface area (TPSA) is 34.4 Å². The first-order chi connectivity index (χ1) is 6.38. The van der Waals surface area contributed by atoms with Gasteiger partial charge in [-0.05, 0) is 12.1 Å². The summed E-state index contributed by atoms with van der Waals surface area (Å²) in [6, 6.07) is 5.16. The van der Waals surface area contributed by atoms with Gasteiger partial charge >= 0.3 is 0 Å². The Labute approximate surface area is 76.0 Å². The van der Waals surface area contributed by atoms with E-state index in [1.165, 1.54) is 0 Å². The lowest BCUT2D eigenvalue weighted by atomic mass is 10.2. The standard InChI is InChI=1S/C10H10N2O/c13-10-3-1-2-8-12(10)9-4-6-11-7-5-9/h1-4,6,8H,5,7H2. The number of nitrogens with zero attached hydrogens (tertiary/aromatic N) is 2. The van der Waals surface area contributed by atoms with E-state index in [1.807, 2.05) is 12.1 Å². The van der Waals surface area contributed by atoms with Crippen LogP contribution in [0.5, 0.6) is 0 Å². The second-order valence-electron chi connectivity index (χ2n) is 2.87. The summed E-state index contributed by atoms with van der Waals surface area (Å²) in [6.07, 6.45) is 6.25. The summed E-state index contributed by atoms with van der Waals surface area (Å²) < 4.78 is 1.66. The van der Waals surface area contributed by atoms with Crippen LogP contribution in [-0.2, 0) is 0 Å². The van der Waals surface area contributed by atoms with Crippen LogP contribution >= 0.6 is 0 Å². The van der Waals surface area contributed by atoms with Crippen LogP contribution in [0.1, 0.15) is 6.42 Å². The molecule has 1 aromatic rings. The predicted octanol–water partition coefficient (Wildman–Crippen LogP) is 1.16. The first-order valence-electron chi connectivity index (χ1n) is 4.25. The highest BCUT2D eigenvalue weighted by Crippen LogP contribution is 2.08. The summed E-state index contributed by atoms with van der Waals surface area (Å²) in [7, 11) is 0. The Morgan fingerprint density at radius 1 is 1.38 bits per heavy atom. The molecule has 1 aliphatic rings. The number of hydrogen-bond donors (Lipinski definition) is 0. The lowest BCUT2D eigenvalue weighted by molar-refractivity contribution is 0.901. The molecule has 3 nitrogen and oxygen atoms in total. The molecule has 0 N–H and O–H groups in total. The molecule has 3 heteroatoms. The molecule has 0 saturated carbocycles. The fourth-order valence-electron chi connectivity index (χ4n) is 1.34. The number of aromatic nitrogens is 1. The number of aliphatic imine (C=N–C) groups is 1. The van der Waals surface area contributed by atoms with Crippen molar-refractivity contribution in [2.24, 2.45) is 4.99 Å². The number of pyridine rings is 1. The molecule has 0 radical (unpaired) electrons. The van der Waals surface area contributed by atoms with E-state index in [2.05, 4.69) is 4.99 Å². The molecule has 0 unspecified atom stereocenters. The zero-order chi connectivity index (χ0) is 9.10. The highest BCUT2D eigenvalue weighted by Gasteiger charge is 2.02. The molecule has 0 aliphatic carbocycles. The maximum atomic E-state index is 11.4. The minimum Gasteiger partial charge on any atom is -0.293 e. The third-order valence-corrected chi connectivity index (χ3v) is 2.00. The molecule has 0 fully saturated rings. The van der Waals surface area contributed by atoms with Gasteiger partial charge in [0.2, 0.25) is 0 Å². The Kier molecular flexibility index (Phi) is 2.08. The molecule has 0 bridgehead atoms. The zero-order valence-electron chi connectivity index (χ0n) is 7.18. The number of hydrogen-bond acceptors (Lipinski definition) is 2. The maximum absolute atomic E-state index is 11.4. The summed E-state index contributed by atoms with van der Waals surface area (Å²) in [5.74, 6) is 0. The van der Waals surface area contributed by atoms with Crippen molar-refractivity contribution < 1.29 is 0 Å². The largest absolute Gasteiger partial charge is 0.293 e. The van der Waals surface area contributed by atoms with Gasteiger partial charge in [0.05, 0.1) is 0 Å². The molecule has 0 spiro atoms. The van der Waals surface area contributed by atoms with E-state index in [0.29, 0.717) is 0 Å². The van der Waals surface area contributed by atoms with E-state index in [4.69, 9.17) is 0 Å². The average Bonchev–Trinajstić information content (AvgIpc) is 2.20. The van der Waals surface area contributed by atoms with Crippen molar-refractivity contribution in [2.75, 3.05) is 6.54 Å². The van der Waals surface area contributed by atoms with E-state index >= 15 is 0 Å². The molecule has 0 amide bonds. The van der Waals surface area contributed by atoms with Crippen LogP contribution in [0.4, 0.5) is 0 Å². The summed E-state index contributed by atoms with van der Waals surface area (Å²) >= 11 is 0. The van der Waals surface area contributed by atoms with E-state index in [1.54, 1.807) is 29.1 Å². The van der Waals surface area contributed by atoms with Gasteiger partial charge in [0, 0.05) is 37.1 Å². The summed E-state index contributed by atoms with van der Waals surface area (Å²) in [5.41, 5.74) is 1.03. The van der Waals surface area contributed by atoms with Gasteiger partial charge in [0.15, 0.2) is 0 Å². The van der Waals surface area contributed by atoms with E-state index in [0.717, 1.165) is 18.7 Å². The van der Waals surface area contributed by atoms with E-state index in [9.17, 15) is 4.79 Å². The highest BCUT2D eigenvalue weighted by molar-refractivity contribution is 5.80. The van der Waals surface area contributed by atoms with Crippen molar-refractivity contribution in [3.63, 3.8) is 0 Å². The van der Waals surface area contributed by atoms with Gasteiger partial charge < -0.3 is 0 Å². The first kappa shape index (κ1) is 7.98. The zero-order valence-corrected chi connectivity index (χ0v) is 7.18. The van der Waals surface area contributed by atoms with Gasteiger partial charge in [-0.1, -0.05) is 6.07 Å². The van der Waals surface area contributed by atoms with Gasteiger partial charge in [-0.3, -0.25) is 14.4 Å². The third-order valence-electron chi connectivity index (χ3n) is 2.00. The molecular formula is C10H10N2O. The second-order valence-corrected chi connectivity index (χ2v) is 2.87. The molecule has 2 rings (SSSR count). The lowest BCUT2D eigenvalue weighted by Gasteiger charge is -2.10. The number of rotatable bonds is 1. The predicted molar refractivity (Wildman–Crippen MR) is 53.0 cm³/mol. The molecule has 66 valence electrons. The number of allylic oxidation sites excluding steroid dienone is 1. The van der Waals surface area contributed by atoms with Crippen LogP contribution in [0.15, 0.2) is 40.3 Å². The minimum atomic E-state index is 0.0176. The Hall–Kier alpha value is -1.64. The molecule has 0 aromatic carbocycles. The van der Waals surface area contributed by atoms with Crippen molar-refractivity contribution in [3.05, 3.63) is 40.8 Å². The molecular weight excluding hydrogens is 164 g/mol. The number of dihydropyridines is 1. The molecule has 1 aliphatic heterocycles. The molecule has 0 atom stereocenters. The Bertz CT molecular complexity index is 415. The fraction of sp³-hybridized carbons (Fsp3) is 0.200. The van der Waals surface area contributed by atoms with Crippen molar-refractivity contribution in [3.8, 4) is 0 Å². The van der Waals surface area contributed by atoms with Crippen molar-refractivity contribution in [1.82, 2.24) is 4.57 Å². The van der Waals surface area contributed by atoms with Crippen LogP contribution in [-0.4, -0.2) is 17.3 Å². The minimum absolute atomic E-state index is 0.0176. The van der Waals surface area contributed by atoms with Crippen LogP contribution in [0.3, 0.4) is 0 Å².